The van der Waals surface area contributed by atoms with E-state index in [2.05, 4.69) is 10.3 Å². The third kappa shape index (κ3) is 2.72. The van der Waals surface area contributed by atoms with E-state index in [1.807, 2.05) is 62.4 Å². The minimum Gasteiger partial charge on any atom is -0.324 e. The highest BCUT2D eigenvalue weighted by molar-refractivity contribution is 6.11. The Morgan fingerprint density at radius 1 is 1.05 bits per heavy atom. The average molecular weight is 278 g/mol. The van der Waals surface area contributed by atoms with Crippen LogP contribution in [0.15, 0.2) is 53.5 Å². The SMILES string of the molecule is CC1=NC(Cc2ccccc2)C(=O)Nc2cccc(C)c21. The molecular formula is C18H18N2O. The number of nitrogens with zero attached hydrogens (tertiary/aromatic N) is 1. The molecule has 1 heterocycles. The first-order valence-corrected chi connectivity index (χ1v) is 7.14. The van der Waals surface area contributed by atoms with Crippen LogP contribution in [-0.4, -0.2) is 17.7 Å². The van der Waals surface area contributed by atoms with E-state index in [0.717, 1.165) is 28.1 Å². The number of carbonyl (C=O) groups is 1. The van der Waals surface area contributed by atoms with Gasteiger partial charge in [-0.3, -0.25) is 9.79 Å². The summed E-state index contributed by atoms with van der Waals surface area (Å²) in [6.07, 6.45) is 0.622. The van der Waals surface area contributed by atoms with E-state index in [4.69, 9.17) is 0 Å². The topological polar surface area (TPSA) is 41.5 Å². The second kappa shape index (κ2) is 5.52. The van der Waals surface area contributed by atoms with E-state index in [9.17, 15) is 4.79 Å². The molecule has 0 aliphatic carbocycles. The van der Waals surface area contributed by atoms with Crippen LogP contribution < -0.4 is 5.32 Å². The van der Waals surface area contributed by atoms with Crippen LogP contribution in [0, 0.1) is 6.92 Å². The molecule has 1 unspecified atom stereocenters. The summed E-state index contributed by atoms with van der Waals surface area (Å²) in [6.45, 7) is 4.02. The Balaban J connectivity index is 1.96. The molecule has 21 heavy (non-hydrogen) atoms. The Labute approximate surface area is 124 Å². The molecule has 1 atom stereocenters. The van der Waals surface area contributed by atoms with Gasteiger partial charge >= 0.3 is 0 Å². The summed E-state index contributed by atoms with van der Waals surface area (Å²) in [4.78, 5) is 17.1. The minimum absolute atomic E-state index is 0.0393. The van der Waals surface area contributed by atoms with E-state index < -0.39 is 0 Å². The van der Waals surface area contributed by atoms with E-state index >= 15 is 0 Å². The molecule has 3 rings (SSSR count). The van der Waals surface area contributed by atoms with Crippen LogP contribution >= 0.6 is 0 Å². The number of rotatable bonds is 2. The number of anilines is 1. The second-order valence-corrected chi connectivity index (χ2v) is 5.41. The van der Waals surface area contributed by atoms with Gasteiger partial charge in [-0.15, -0.1) is 0 Å². The molecule has 1 amide bonds. The number of amides is 1. The predicted octanol–water partition coefficient (Wildman–Crippen LogP) is 3.37. The number of nitrogens with one attached hydrogen (secondary N) is 1. The molecule has 0 saturated heterocycles. The molecule has 1 aliphatic heterocycles. The Morgan fingerprint density at radius 3 is 2.57 bits per heavy atom. The first-order valence-electron chi connectivity index (χ1n) is 7.14. The van der Waals surface area contributed by atoms with Crippen molar-refractivity contribution in [3.8, 4) is 0 Å². The third-order valence-corrected chi connectivity index (χ3v) is 3.82. The van der Waals surface area contributed by atoms with Crippen LogP contribution in [0.5, 0.6) is 0 Å². The number of hydrogen-bond acceptors (Lipinski definition) is 2. The van der Waals surface area contributed by atoms with Gasteiger partial charge in [0.05, 0.1) is 5.69 Å². The Kier molecular flexibility index (Phi) is 3.57. The highest BCUT2D eigenvalue weighted by Gasteiger charge is 2.24. The lowest BCUT2D eigenvalue weighted by Crippen LogP contribution is -2.27. The van der Waals surface area contributed by atoms with Gasteiger partial charge in [0.25, 0.3) is 0 Å². The zero-order valence-electron chi connectivity index (χ0n) is 12.3. The molecule has 1 N–H and O–H groups in total. The molecule has 0 radical (unpaired) electrons. The van der Waals surface area contributed by atoms with Gasteiger partial charge in [-0.2, -0.15) is 0 Å². The summed E-state index contributed by atoms with van der Waals surface area (Å²) in [7, 11) is 0. The molecule has 1 aliphatic rings. The van der Waals surface area contributed by atoms with Crippen molar-refractivity contribution in [1.82, 2.24) is 0 Å². The molecule has 0 fully saturated rings. The molecule has 106 valence electrons. The van der Waals surface area contributed by atoms with Gasteiger partial charge in [-0.25, -0.2) is 0 Å². The summed E-state index contributed by atoms with van der Waals surface area (Å²) < 4.78 is 0. The van der Waals surface area contributed by atoms with Crippen LogP contribution in [0.4, 0.5) is 5.69 Å². The fraction of sp³-hybridized carbons (Fsp3) is 0.222. The second-order valence-electron chi connectivity index (χ2n) is 5.41. The van der Waals surface area contributed by atoms with Crippen LogP contribution in [0.25, 0.3) is 0 Å². The molecule has 2 aromatic carbocycles. The molecule has 3 nitrogen and oxygen atoms in total. The zero-order chi connectivity index (χ0) is 14.8. The normalized spacial score (nSPS) is 17.5. The average Bonchev–Trinajstić information content (AvgIpc) is 2.58. The van der Waals surface area contributed by atoms with Gasteiger partial charge in [0, 0.05) is 17.7 Å². The highest BCUT2D eigenvalue weighted by Crippen LogP contribution is 2.24. The molecule has 0 saturated carbocycles. The highest BCUT2D eigenvalue weighted by atomic mass is 16.2. The van der Waals surface area contributed by atoms with Crippen molar-refractivity contribution in [2.24, 2.45) is 4.99 Å². The molecule has 0 spiro atoms. The van der Waals surface area contributed by atoms with E-state index in [0.29, 0.717) is 6.42 Å². The van der Waals surface area contributed by atoms with Crippen LogP contribution in [0.3, 0.4) is 0 Å². The largest absolute Gasteiger partial charge is 0.324 e. The third-order valence-electron chi connectivity index (χ3n) is 3.82. The van der Waals surface area contributed by atoms with Gasteiger partial charge in [-0.1, -0.05) is 42.5 Å². The van der Waals surface area contributed by atoms with Gasteiger partial charge in [0.2, 0.25) is 5.91 Å². The van der Waals surface area contributed by atoms with E-state index in [1.54, 1.807) is 0 Å². The summed E-state index contributed by atoms with van der Waals surface area (Å²) in [5.74, 6) is -0.0393. The van der Waals surface area contributed by atoms with Crippen molar-refractivity contribution in [2.45, 2.75) is 26.3 Å². The van der Waals surface area contributed by atoms with Gasteiger partial charge in [0.1, 0.15) is 6.04 Å². The fourth-order valence-electron chi connectivity index (χ4n) is 2.80. The maximum absolute atomic E-state index is 12.4. The molecular weight excluding hydrogens is 260 g/mol. The standard InChI is InChI=1S/C18H18N2O/c1-12-7-6-10-15-17(12)13(2)19-16(18(21)20-15)11-14-8-4-3-5-9-14/h3-10,16H,11H2,1-2H3,(H,20,21). The minimum atomic E-state index is -0.376. The number of fused-ring (bicyclic) bond motifs is 1. The van der Waals surface area contributed by atoms with Crippen LogP contribution in [0.2, 0.25) is 0 Å². The van der Waals surface area contributed by atoms with Gasteiger partial charge < -0.3 is 5.32 Å². The van der Waals surface area contributed by atoms with Gasteiger partial charge in [-0.05, 0) is 31.0 Å². The molecule has 3 heteroatoms. The lowest BCUT2D eigenvalue weighted by molar-refractivity contribution is -0.117. The Hall–Kier alpha value is -2.42. The zero-order valence-corrected chi connectivity index (χ0v) is 12.3. The number of carbonyl (C=O) groups excluding carboxylic acids is 1. The summed E-state index contributed by atoms with van der Waals surface area (Å²) >= 11 is 0. The first-order chi connectivity index (χ1) is 10.1. The van der Waals surface area contributed by atoms with Crippen molar-refractivity contribution < 1.29 is 4.79 Å². The summed E-state index contributed by atoms with van der Waals surface area (Å²) in [6, 6.07) is 15.6. The van der Waals surface area contributed by atoms with Crippen molar-refractivity contribution >= 4 is 17.3 Å². The van der Waals surface area contributed by atoms with E-state index in [-0.39, 0.29) is 11.9 Å². The predicted molar refractivity (Wildman–Crippen MR) is 86.0 cm³/mol. The maximum atomic E-state index is 12.4. The van der Waals surface area contributed by atoms with Crippen molar-refractivity contribution in [3.05, 3.63) is 65.2 Å². The summed E-state index contributed by atoms with van der Waals surface area (Å²) in [5.41, 5.74) is 5.08. The fourth-order valence-corrected chi connectivity index (χ4v) is 2.80. The Bertz CT molecular complexity index is 704. The quantitative estimate of drug-likeness (QED) is 0.899. The van der Waals surface area contributed by atoms with E-state index in [1.165, 1.54) is 0 Å². The lowest BCUT2D eigenvalue weighted by Gasteiger charge is -2.11. The molecule has 2 aromatic rings. The van der Waals surface area contributed by atoms with Gasteiger partial charge in [0.15, 0.2) is 0 Å². The number of aryl methyl sites for hydroxylation is 1. The van der Waals surface area contributed by atoms with Crippen molar-refractivity contribution in [1.29, 1.82) is 0 Å². The number of benzene rings is 2. The molecule has 0 bridgehead atoms. The number of hydrogen-bond donors (Lipinski definition) is 1. The Morgan fingerprint density at radius 2 is 1.81 bits per heavy atom. The monoisotopic (exact) mass is 278 g/mol. The van der Waals surface area contributed by atoms with Crippen molar-refractivity contribution in [3.63, 3.8) is 0 Å². The summed E-state index contributed by atoms with van der Waals surface area (Å²) in [5, 5.41) is 3.01. The molecule has 0 aromatic heterocycles. The van der Waals surface area contributed by atoms with Crippen molar-refractivity contribution in [2.75, 3.05) is 5.32 Å². The maximum Gasteiger partial charge on any atom is 0.249 e. The lowest BCUT2D eigenvalue weighted by atomic mass is 10.0. The number of benzodiazepines with no additional fused rings is 1. The smallest absolute Gasteiger partial charge is 0.249 e. The number of aliphatic imine (C=N–C) groups is 1. The first kappa shape index (κ1) is 13.6. The van der Waals surface area contributed by atoms with Crippen LogP contribution in [-0.2, 0) is 11.2 Å². The van der Waals surface area contributed by atoms with Crippen LogP contribution in [0.1, 0.15) is 23.6 Å².